The Balaban J connectivity index is 1.27. The molecule has 1 aliphatic heterocycles. The molecule has 2 N–H and O–H groups in total. The van der Waals surface area contributed by atoms with Crippen LogP contribution in [0, 0.1) is 11.8 Å². The smallest absolute Gasteiger partial charge is 0.220 e. The average molecular weight is 409 g/mol. The minimum atomic E-state index is 0.0559. The number of nitrogens with zero attached hydrogens (tertiary/aromatic N) is 1. The molecule has 1 aliphatic rings. The lowest BCUT2D eigenvalue weighted by molar-refractivity contribution is -0.122. The van der Waals surface area contributed by atoms with E-state index >= 15 is 0 Å². The second-order valence-corrected chi connectivity index (χ2v) is 7.66. The number of amides is 1. The van der Waals surface area contributed by atoms with Gasteiger partial charge in [-0.15, -0.1) is 0 Å². The molecule has 1 aromatic carbocycles. The summed E-state index contributed by atoms with van der Waals surface area (Å²) in [6, 6.07) is 15.3. The molecule has 158 valence electrons. The summed E-state index contributed by atoms with van der Waals surface area (Å²) in [5.74, 6) is 2.96. The predicted molar refractivity (Wildman–Crippen MR) is 111 cm³/mol. The normalized spacial score (nSPS) is 18.8. The number of furan rings is 1. The maximum atomic E-state index is 12.4. The van der Waals surface area contributed by atoms with Gasteiger partial charge in [-0.05, 0) is 62.0 Å². The van der Waals surface area contributed by atoms with Crippen LogP contribution in [-0.4, -0.2) is 24.2 Å². The fraction of sp³-hybridized carbons (Fsp3) is 0.391. The number of rotatable bonds is 9. The molecule has 7 heteroatoms. The van der Waals surface area contributed by atoms with E-state index in [0.717, 1.165) is 43.1 Å². The van der Waals surface area contributed by atoms with Crippen LogP contribution in [0.25, 0.3) is 0 Å². The van der Waals surface area contributed by atoms with Crippen LogP contribution in [0.1, 0.15) is 30.1 Å². The van der Waals surface area contributed by atoms with E-state index in [-0.39, 0.29) is 5.91 Å². The van der Waals surface area contributed by atoms with Crippen LogP contribution in [0.2, 0.25) is 0 Å². The summed E-state index contributed by atoms with van der Waals surface area (Å²) in [5.41, 5.74) is 0.899. The maximum Gasteiger partial charge on any atom is 0.220 e. The lowest BCUT2D eigenvalue weighted by Gasteiger charge is -2.31. The van der Waals surface area contributed by atoms with Gasteiger partial charge in [-0.2, -0.15) is 0 Å². The number of ether oxygens (including phenoxy) is 1. The van der Waals surface area contributed by atoms with Crippen LogP contribution in [0.3, 0.4) is 0 Å². The Hall–Kier alpha value is -3.06. The second-order valence-electron chi connectivity index (χ2n) is 7.66. The van der Waals surface area contributed by atoms with Gasteiger partial charge in [0, 0.05) is 12.5 Å². The highest BCUT2D eigenvalue weighted by atomic mass is 16.5. The van der Waals surface area contributed by atoms with E-state index in [4.69, 9.17) is 13.7 Å². The van der Waals surface area contributed by atoms with Crippen molar-refractivity contribution in [1.29, 1.82) is 0 Å². The molecule has 4 rings (SSSR count). The molecule has 0 unspecified atom stereocenters. The Bertz CT molecular complexity index is 908. The first-order chi connectivity index (χ1) is 14.8. The molecule has 0 radical (unpaired) electrons. The number of carbonyl (C=O) groups excluding carboxylic acids is 1. The average Bonchev–Trinajstić information content (AvgIpc) is 3.45. The molecular formula is C23H27N3O4. The first-order valence-electron chi connectivity index (χ1n) is 10.4. The van der Waals surface area contributed by atoms with Crippen molar-refractivity contribution in [3.63, 3.8) is 0 Å². The van der Waals surface area contributed by atoms with Gasteiger partial charge in [0.1, 0.15) is 18.1 Å². The zero-order valence-corrected chi connectivity index (χ0v) is 16.9. The Morgan fingerprint density at radius 2 is 2.07 bits per heavy atom. The quantitative estimate of drug-likeness (QED) is 0.564. The van der Waals surface area contributed by atoms with Gasteiger partial charge in [0.05, 0.1) is 18.5 Å². The van der Waals surface area contributed by atoms with Crippen molar-refractivity contribution in [3.05, 3.63) is 72.0 Å². The minimum absolute atomic E-state index is 0.0559. The third-order valence-corrected chi connectivity index (χ3v) is 5.46. The number of piperidine rings is 1. The molecule has 7 nitrogen and oxygen atoms in total. The van der Waals surface area contributed by atoms with Gasteiger partial charge in [0.2, 0.25) is 5.91 Å². The molecule has 0 aliphatic carbocycles. The highest BCUT2D eigenvalue weighted by Gasteiger charge is 2.28. The van der Waals surface area contributed by atoms with Crippen LogP contribution in [0.4, 0.5) is 0 Å². The number of benzene rings is 1. The summed E-state index contributed by atoms with van der Waals surface area (Å²) >= 11 is 0. The summed E-state index contributed by atoms with van der Waals surface area (Å²) in [7, 11) is 0. The van der Waals surface area contributed by atoms with Gasteiger partial charge in [-0.1, -0.05) is 23.4 Å². The lowest BCUT2D eigenvalue weighted by atomic mass is 9.81. The summed E-state index contributed by atoms with van der Waals surface area (Å²) in [5, 5.41) is 10.6. The van der Waals surface area contributed by atoms with Crippen molar-refractivity contribution in [2.45, 2.75) is 32.4 Å². The molecular weight excluding hydrogens is 382 g/mol. The van der Waals surface area contributed by atoms with Crippen LogP contribution >= 0.6 is 0 Å². The summed E-state index contributed by atoms with van der Waals surface area (Å²) < 4.78 is 16.4. The molecule has 1 amide bonds. The van der Waals surface area contributed by atoms with Gasteiger partial charge in [-0.25, -0.2) is 0 Å². The predicted octanol–water partition coefficient (Wildman–Crippen LogP) is 3.32. The van der Waals surface area contributed by atoms with Gasteiger partial charge in [-0.3, -0.25) is 4.79 Å². The fourth-order valence-electron chi connectivity index (χ4n) is 3.85. The molecule has 1 saturated heterocycles. The van der Waals surface area contributed by atoms with Crippen molar-refractivity contribution in [2.75, 3.05) is 13.1 Å². The monoisotopic (exact) mass is 409 g/mol. The fourth-order valence-corrected chi connectivity index (χ4v) is 3.85. The molecule has 3 aromatic rings. The molecule has 2 atom stereocenters. The second kappa shape index (κ2) is 10.1. The van der Waals surface area contributed by atoms with Crippen LogP contribution in [-0.2, 0) is 24.4 Å². The number of aromatic nitrogens is 1. The van der Waals surface area contributed by atoms with Crippen molar-refractivity contribution >= 4 is 5.91 Å². The highest BCUT2D eigenvalue weighted by molar-refractivity contribution is 5.76. The summed E-state index contributed by atoms with van der Waals surface area (Å²) in [6.45, 7) is 2.58. The van der Waals surface area contributed by atoms with E-state index < -0.39 is 0 Å². The van der Waals surface area contributed by atoms with Crippen molar-refractivity contribution < 1.29 is 18.5 Å². The molecule has 0 saturated carbocycles. The van der Waals surface area contributed by atoms with Gasteiger partial charge < -0.3 is 24.3 Å². The van der Waals surface area contributed by atoms with Crippen LogP contribution in [0.5, 0.6) is 5.75 Å². The molecule has 0 bridgehead atoms. The van der Waals surface area contributed by atoms with E-state index in [0.29, 0.717) is 37.2 Å². The molecule has 2 aromatic heterocycles. The molecule has 1 fully saturated rings. The Kier molecular flexibility index (Phi) is 6.82. The van der Waals surface area contributed by atoms with Gasteiger partial charge in [0.15, 0.2) is 5.76 Å². The Morgan fingerprint density at radius 3 is 2.90 bits per heavy atom. The summed E-state index contributed by atoms with van der Waals surface area (Å²) in [6.07, 6.45) is 3.87. The first kappa shape index (κ1) is 20.2. The van der Waals surface area contributed by atoms with Crippen LogP contribution < -0.4 is 15.4 Å². The van der Waals surface area contributed by atoms with Gasteiger partial charge in [0.25, 0.3) is 0 Å². The van der Waals surface area contributed by atoms with Crippen LogP contribution in [0.15, 0.2) is 63.7 Å². The third-order valence-electron chi connectivity index (χ3n) is 5.46. The van der Waals surface area contributed by atoms with E-state index in [1.807, 2.05) is 48.5 Å². The lowest BCUT2D eigenvalue weighted by Crippen LogP contribution is -2.40. The number of hydrogen-bond donors (Lipinski definition) is 2. The number of hydrogen-bond acceptors (Lipinski definition) is 6. The Morgan fingerprint density at radius 1 is 1.17 bits per heavy atom. The topological polar surface area (TPSA) is 89.5 Å². The largest absolute Gasteiger partial charge is 0.486 e. The number of para-hydroxylation sites is 1. The number of nitrogens with one attached hydrogen (secondary N) is 2. The third kappa shape index (κ3) is 5.73. The highest BCUT2D eigenvalue weighted by Crippen LogP contribution is 2.26. The van der Waals surface area contributed by atoms with Gasteiger partial charge >= 0.3 is 0 Å². The molecule has 30 heavy (non-hydrogen) atoms. The van der Waals surface area contributed by atoms with Crippen molar-refractivity contribution in [3.8, 4) is 5.75 Å². The number of carbonyl (C=O) groups is 1. The molecule has 3 heterocycles. The Labute approximate surface area is 175 Å². The van der Waals surface area contributed by atoms with Crippen molar-refractivity contribution in [2.24, 2.45) is 11.8 Å². The standard InChI is InChI=1S/C23H27N3O4/c27-23(25-15-21-7-4-10-28-21)12-17-8-9-24-14-18(17)11-19-13-22(30-26-19)16-29-20-5-2-1-3-6-20/h1-7,10,13,17-18,24H,8-9,11-12,14-16H2,(H,25,27)/t17-,18+/m0/s1. The van der Waals surface area contributed by atoms with E-state index in [1.165, 1.54) is 0 Å². The molecule has 0 spiro atoms. The van der Waals surface area contributed by atoms with Crippen molar-refractivity contribution in [1.82, 2.24) is 15.8 Å². The zero-order chi connectivity index (χ0) is 20.6. The van der Waals surface area contributed by atoms with E-state index in [2.05, 4.69) is 15.8 Å². The summed E-state index contributed by atoms with van der Waals surface area (Å²) in [4.78, 5) is 12.4. The minimum Gasteiger partial charge on any atom is -0.486 e. The first-order valence-corrected chi connectivity index (χ1v) is 10.4. The van der Waals surface area contributed by atoms with E-state index in [1.54, 1.807) is 6.26 Å². The SMILES string of the molecule is O=C(C[C@@H]1CCNC[C@H]1Cc1cc(COc2ccccc2)on1)NCc1ccco1. The van der Waals surface area contributed by atoms with E-state index in [9.17, 15) is 4.79 Å². The maximum absolute atomic E-state index is 12.4. The zero-order valence-electron chi connectivity index (χ0n) is 16.9.